The third-order valence-electron chi connectivity index (χ3n) is 4.89. The van der Waals surface area contributed by atoms with Crippen molar-refractivity contribution in [3.8, 4) is 0 Å². The summed E-state index contributed by atoms with van der Waals surface area (Å²) in [6.45, 7) is 3.70. The summed E-state index contributed by atoms with van der Waals surface area (Å²) in [6.07, 6.45) is -0.397. The van der Waals surface area contributed by atoms with Crippen molar-refractivity contribution in [1.82, 2.24) is 4.31 Å². The van der Waals surface area contributed by atoms with Gasteiger partial charge < -0.3 is 10.0 Å². The van der Waals surface area contributed by atoms with Crippen molar-refractivity contribution in [3.63, 3.8) is 0 Å². The number of anilines is 1. The van der Waals surface area contributed by atoms with Crippen LogP contribution in [0, 0.1) is 0 Å². The molecule has 0 radical (unpaired) electrons. The van der Waals surface area contributed by atoms with Crippen LogP contribution in [0.25, 0.3) is 0 Å². The highest BCUT2D eigenvalue weighted by atomic mass is 32.2. The van der Waals surface area contributed by atoms with Gasteiger partial charge in [0, 0.05) is 31.4 Å². The lowest BCUT2D eigenvalue weighted by atomic mass is 9.95. The first-order chi connectivity index (χ1) is 12.2. The van der Waals surface area contributed by atoms with Crippen LogP contribution in [-0.4, -0.2) is 44.0 Å². The van der Waals surface area contributed by atoms with Gasteiger partial charge in [0.15, 0.2) is 0 Å². The molecular formula is C20H26N2O3S. The van der Waals surface area contributed by atoms with Gasteiger partial charge in [0.25, 0.3) is 0 Å². The van der Waals surface area contributed by atoms with Gasteiger partial charge in [-0.25, -0.2) is 8.42 Å². The normalized spacial score (nSPS) is 22.2. The summed E-state index contributed by atoms with van der Waals surface area (Å²) in [6, 6.07) is 14.0. The highest BCUT2D eigenvalue weighted by Crippen LogP contribution is 2.39. The fourth-order valence-electron chi connectivity index (χ4n) is 3.63. The quantitative estimate of drug-likeness (QED) is 0.894. The smallest absolute Gasteiger partial charge is 0.244 e. The molecule has 140 valence electrons. The van der Waals surface area contributed by atoms with Gasteiger partial charge in [-0.2, -0.15) is 4.31 Å². The maximum atomic E-state index is 13.1. The van der Waals surface area contributed by atoms with Gasteiger partial charge in [-0.3, -0.25) is 0 Å². The van der Waals surface area contributed by atoms with E-state index in [0.717, 1.165) is 11.3 Å². The zero-order valence-corrected chi connectivity index (χ0v) is 16.4. The lowest BCUT2D eigenvalue weighted by Crippen LogP contribution is -2.52. The summed E-state index contributed by atoms with van der Waals surface area (Å²) in [5, 5.41) is 11.0. The topological polar surface area (TPSA) is 60.9 Å². The number of sulfonamides is 1. The second-order valence-corrected chi connectivity index (χ2v) is 9.06. The van der Waals surface area contributed by atoms with Gasteiger partial charge in [0.05, 0.1) is 17.0 Å². The molecule has 26 heavy (non-hydrogen) atoms. The van der Waals surface area contributed by atoms with E-state index in [4.69, 9.17) is 0 Å². The van der Waals surface area contributed by atoms with Gasteiger partial charge >= 0.3 is 0 Å². The number of hydrogen-bond acceptors (Lipinski definition) is 4. The third-order valence-corrected chi connectivity index (χ3v) is 7.07. The van der Waals surface area contributed by atoms with Crippen molar-refractivity contribution >= 4 is 15.7 Å². The van der Waals surface area contributed by atoms with Crippen LogP contribution in [0.2, 0.25) is 0 Å². The average Bonchev–Trinajstić information content (AvgIpc) is 2.59. The molecule has 2 unspecified atom stereocenters. The van der Waals surface area contributed by atoms with E-state index in [2.05, 4.69) is 0 Å². The Morgan fingerprint density at radius 1 is 1.08 bits per heavy atom. The lowest BCUT2D eigenvalue weighted by molar-refractivity contribution is 0.0685. The molecule has 5 nitrogen and oxygen atoms in total. The Morgan fingerprint density at radius 3 is 2.27 bits per heavy atom. The molecule has 0 aromatic heterocycles. The fourth-order valence-corrected chi connectivity index (χ4v) is 5.70. The minimum Gasteiger partial charge on any atom is -0.387 e. The molecule has 2 atom stereocenters. The first kappa shape index (κ1) is 18.9. The Balaban J connectivity index is 2.02. The minimum absolute atomic E-state index is 0.209. The molecule has 6 heteroatoms. The maximum absolute atomic E-state index is 13.1. The summed E-state index contributed by atoms with van der Waals surface area (Å²) in [5.74, 6) is 0. The van der Waals surface area contributed by atoms with Crippen LogP contribution in [0.5, 0.6) is 0 Å². The number of rotatable bonds is 4. The van der Waals surface area contributed by atoms with E-state index < -0.39 is 22.2 Å². The molecule has 0 bridgehead atoms. The van der Waals surface area contributed by atoms with Crippen molar-refractivity contribution in [1.29, 1.82) is 0 Å². The van der Waals surface area contributed by atoms with Crippen LogP contribution in [-0.2, 0) is 16.4 Å². The number of benzene rings is 2. The zero-order chi connectivity index (χ0) is 19.1. The van der Waals surface area contributed by atoms with E-state index in [0.29, 0.717) is 12.0 Å². The molecule has 0 saturated carbocycles. The second kappa shape index (κ2) is 7.02. The predicted octanol–water partition coefficient (Wildman–Crippen LogP) is 2.81. The fraction of sp³-hybridized carbons (Fsp3) is 0.400. The number of fused-ring (bicyclic) bond motifs is 1. The zero-order valence-electron chi connectivity index (χ0n) is 15.6. The molecule has 0 amide bonds. The summed E-state index contributed by atoms with van der Waals surface area (Å²) >= 11 is 0. The Bertz CT molecular complexity index is 876. The molecule has 3 rings (SSSR count). The van der Waals surface area contributed by atoms with Gasteiger partial charge in [-0.15, -0.1) is 0 Å². The van der Waals surface area contributed by atoms with Crippen LogP contribution in [0.1, 0.15) is 31.1 Å². The largest absolute Gasteiger partial charge is 0.387 e. The van der Waals surface area contributed by atoms with E-state index in [1.54, 1.807) is 24.3 Å². The first-order valence-electron chi connectivity index (χ1n) is 8.80. The summed E-state index contributed by atoms with van der Waals surface area (Å²) < 4.78 is 27.7. The SMILES string of the molecule is CC(C)N1C(Cc2ccc(N(C)C)cc2)C(O)c2ccccc2S1(=O)=O. The van der Waals surface area contributed by atoms with Crippen LogP contribution < -0.4 is 4.90 Å². The van der Waals surface area contributed by atoms with E-state index in [1.165, 1.54) is 4.31 Å². The van der Waals surface area contributed by atoms with Crippen molar-refractivity contribution in [2.75, 3.05) is 19.0 Å². The van der Waals surface area contributed by atoms with Crippen molar-refractivity contribution in [2.45, 2.75) is 43.4 Å². The van der Waals surface area contributed by atoms with Gasteiger partial charge in [0.2, 0.25) is 10.0 Å². The van der Waals surface area contributed by atoms with Gasteiger partial charge in [0.1, 0.15) is 0 Å². The van der Waals surface area contributed by atoms with E-state index in [-0.39, 0.29) is 10.9 Å². The van der Waals surface area contributed by atoms with Crippen molar-refractivity contribution in [3.05, 3.63) is 59.7 Å². The number of nitrogens with zero attached hydrogens (tertiary/aromatic N) is 2. The van der Waals surface area contributed by atoms with Crippen molar-refractivity contribution < 1.29 is 13.5 Å². The van der Waals surface area contributed by atoms with Gasteiger partial charge in [-0.05, 0) is 44.0 Å². The van der Waals surface area contributed by atoms with Crippen LogP contribution in [0.3, 0.4) is 0 Å². The number of aliphatic hydroxyl groups excluding tert-OH is 1. The summed E-state index contributed by atoms with van der Waals surface area (Å²) in [5.41, 5.74) is 2.57. The first-order valence-corrected chi connectivity index (χ1v) is 10.2. The number of aliphatic hydroxyl groups is 1. The molecule has 0 fully saturated rings. The van der Waals surface area contributed by atoms with E-state index in [1.807, 2.05) is 57.1 Å². The average molecular weight is 375 g/mol. The molecule has 1 aliphatic heterocycles. The monoisotopic (exact) mass is 374 g/mol. The Hall–Kier alpha value is -1.89. The standard InChI is InChI=1S/C20H26N2O3S/c1-14(2)22-18(13-15-9-11-16(12-10-15)21(3)4)20(23)17-7-5-6-8-19(17)26(22,24)25/h5-12,14,18,20,23H,13H2,1-4H3. The lowest BCUT2D eigenvalue weighted by Gasteiger charge is -2.41. The molecule has 0 aliphatic carbocycles. The van der Waals surface area contributed by atoms with Crippen molar-refractivity contribution in [2.24, 2.45) is 0 Å². The summed E-state index contributed by atoms with van der Waals surface area (Å²) in [7, 11) is 0.311. The molecule has 2 aromatic carbocycles. The third kappa shape index (κ3) is 3.24. The summed E-state index contributed by atoms with van der Waals surface area (Å²) in [4.78, 5) is 2.22. The van der Waals surface area contributed by atoms with Crippen LogP contribution >= 0.6 is 0 Å². The number of hydrogen-bond donors (Lipinski definition) is 1. The Morgan fingerprint density at radius 2 is 1.69 bits per heavy atom. The molecule has 0 spiro atoms. The molecular weight excluding hydrogens is 348 g/mol. The second-order valence-electron chi connectivity index (χ2n) is 7.24. The predicted molar refractivity (Wildman–Crippen MR) is 104 cm³/mol. The minimum atomic E-state index is -3.64. The molecule has 1 aliphatic rings. The van der Waals surface area contributed by atoms with Crippen LogP contribution in [0.4, 0.5) is 5.69 Å². The molecule has 1 N–H and O–H groups in total. The van der Waals surface area contributed by atoms with E-state index in [9.17, 15) is 13.5 Å². The highest BCUT2D eigenvalue weighted by Gasteiger charge is 2.44. The van der Waals surface area contributed by atoms with Gasteiger partial charge in [-0.1, -0.05) is 30.3 Å². The molecule has 0 saturated heterocycles. The Labute approximate surface area is 155 Å². The molecule has 1 heterocycles. The maximum Gasteiger partial charge on any atom is 0.244 e. The highest BCUT2D eigenvalue weighted by molar-refractivity contribution is 7.89. The van der Waals surface area contributed by atoms with E-state index >= 15 is 0 Å². The molecule has 2 aromatic rings. The van der Waals surface area contributed by atoms with Crippen LogP contribution in [0.15, 0.2) is 53.4 Å². The Kier molecular flexibility index (Phi) is 5.10.